The van der Waals surface area contributed by atoms with Crippen LogP contribution in [-0.4, -0.2) is 37.7 Å². The lowest BCUT2D eigenvalue weighted by molar-refractivity contribution is 0.193. The number of nitrogens with two attached hydrogens (primary N) is 1. The van der Waals surface area contributed by atoms with Crippen LogP contribution in [0.2, 0.25) is 0 Å². The zero-order chi connectivity index (χ0) is 14.2. The molecule has 0 radical (unpaired) electrons. The Hall–Kier alpha value is -1.50. The molecular formula is C17H24N2O. The summed E-state index contributed by atoms with van der Waals surface area (Å²) in [6.45, 7) is 2.12. The Balaban J connectivity index is 1.73. The molecule has 0 bridgehead atoms. The van der Waals surface area contributed by atoms with Gasteiger partial charge in [0.15, 0.2) is 0 Å². The van der Waals surface area contributed by atoms with Crippen molar-refractivity contribution in [2.75, 3.05) is 26.7 Å². The molecule has 1 aromatic carbocycles. The molecule has 0 amide bonds. The molecule has 0 atom stereocenters. The molecule has 1 fully saturated rings. The summed E-state index contributed by atoms with van der Waals surface area (Å²) in [4.78, 5) is 2.42. The number of hydrogen-bond donors (Lipinski definition) is 1. The largest absolute Gasteiger partial charge is 0.492 e. The van der Waals surface area contributed by atoms with Crippen LogP contribution in [0, 0.1) is 11.8 Å². The molecule has 1 aliphatic carbocycles. The molecule has 2 rings (SSSR count). The van der Waals surface area contributed by atoms with E-state index in [1.807, 2.05) is 24.3 Å². The second kappa shape index (κ2) is 7.94. The summed E-state index contributed by atoms with van der Waals surface area (Å²) in [6.07, 6.45) is 5.43. The summed E-state index contributed by atoms with van der Waals surface area (Å²) >= 11 is 0. The Labute approximate surface area is 122 Å². The van der Waals surface area contributed by atoms with Gasteiger partial charge in [0.05, 0.1) is 6.54 Å². The standard InChI is InChI=1S/C17H24N2O/c1-19(16-6-2-3-7-16)13-14-20-17-10-8-15(9-11-17)5-4-12-18/h8-11,16H,2-3,6-7,12-14,18H2,1H3. The van der Waals surface area contributed by atoms with Crippen molar-refractivity contribution in [2.45, 2.75) is 31.7 Å². The van der Waals surface area contributed by atoms with E-state index in [0.717, 1.165) is 30.5 Å². The highest BCUT2D eigenvalue weighted by Crippen LogP contribution is 2.22. The highest BCUT2D eigenvalue weighted by atomic mass is 16.5. The fourth-order valence-electron chi connectivity index (χ4n) is 2.62. The monoisotopic (exact) mass is 272 g/mol. The van der Waals surface area contributed by atoms with Gasteiger partial charge < -0.3 is 15.4 Å². The van der Waals surface area contributed by atoms with E-state index in [4.69, 9.17) is 10.5 Å². The first kappa shape index (κ1) is 14.9. The van der Waals surface area contributed by atoms with Crippen molar-refractivity contribution < 1.29 is 4.74 Å². The molecule has 1 aliphatic rings. The van der Waals surface area contributed by atoms with Crippen LogP contribution in [0.5, 0.6) is 5.75 Å². The van der Waals surface area contributed by atoms with Gasteiger partial charge in [-0.3, -0.25) is 0 Å². The normalized spacial score (nSPS) is 15.2. The summed E-state index contributed by atoms with van der Waals surface area (Å²) in [7, 11) is 2.20. The molecular weight excluding hydrogens is 248 g/mol. The molecule has 1 aromatic rings. The fraction of sp³-hybridized carbons (Fsp3) is 0.529. The topological polar surface area (TPSA) is 38.5 Å². The number of hydrogen-bond acceptors (Lipinski definition) is 3. The van der Waals surface area contributed by atoms with Gasteiger partial charge in [0.25, 0.3) is 0 Å². The first-order valence-corrected chi connectivity index (χ1v) is 7.41. The fourth-order valence-corrected chi connectivity index (χ4v) is 2.62. The third-order valence-electron chi connectivity index (χ3n) is 3.85. The summed E-state index contributed by atoms with van der Waals surface area (Å²) in [5.41, 5.74) is 6.33. The first-order chi connectivity index (χ1) is 9.79. The Bertz CT molecular complexity index is 452. The summed E-state index contributed by atoms with van der Waals surface area (Å²) in [5, 5.41) is 0. The highest BCUT2D eigenvalue weighted by Gasteiger charge is 2.18. The van der Waals surface area contributed by atoms with E-state index in [-0.39, 0.29) is 0 Å². The lowest BCUT2D eigenvalue weighted by atomic mass is 10.2. The van der Waals surface area contributed by atoms with E-state index in [9.17, 15) is 0 Å². The summed E-state index contributed by atoms with van der Waals surface area (Å²) < 4.78 is 5.78. The molecule has 0 aliphatic heterocycles. The Morgan fingerprint density at radius 1 is 1.25 bits per heavy atom. The van der Waals surface area contributed by atoms with Crippen LogP contribution in [0.1, 0.15) is 31.2 Å². The van der Waals surface area contributed by atoms with Crippen LogP contribution < -0.4 is 10.5 Å². The van der Waals surface area contributed by atoms with Gasteiger partial charge in [0.1, 0.15) is 12.4 Å². The van der Waals surface area contributed by atoms with Crippen molar-refractivity contribution in [2.24, 2.45) is 5.73 Å². The van der Waals surface area contributed by atoms with Gasteiger partial charge >= 0.3 is 0 Å². The second-order valence-corrected chi connectivity index (χ2v) is 5.30. The average Bonchev–Trinajstić information content (AvgIpc) is 3.00. The van der Waals surface area contributed by atoms with E-state index in [1.165, 1.54) is 25.7 Å². The zero-order valence-electron chi connectivity index (χ0n) is 12.3. The van der Waals surface area contributed by atoms with Gasteiger partial charge in [-0.2, -0.15) is 0 Å². The first-order valence-electron chi connectivity index (χ1n) is 7.41. The minimum Gasteiger partial charge on any atom is -0.492 e. The molecule has 20 heavy (non-hydrogen) atoms. The van der Waals surface area contributed by atoms with Gasteiger partial charge in [-0.05, 0) is 44.2 Å². The molecule has 0 spiro atoms. The molecule has 2 N–H and O–H groups in total. The van der Waals surface area contributed by atoms with E-state index >= 15 is 0 Å². The van der Waals surface area contributed by atoms with E-state index in [0.29, 0.717) is 6.54 Å². The van der Waals surface area contributed by atoms with Gasteiger partial charge in [-0.25, -0.2) is 0 Å². The number of benzene rings is 1. The maximum Gasteiger partial charge on any atom is 0.119 e. The summed E-state index contributed by atoms with van der Waals surface area (Å²) in [6, 6.07) is 8.64. The van der Waals surface area contributed by atoms with E-state index < -0.39 is 0 Å². The molecule has 0 heterocycles. The van der Waals surface area contributed by atoms with Crippen LogP contribution in [-0.2, 0) is 0 Å². The average molecular weight is 272 g/mol. The van der Waals surface area contributed by atoms with Crippen molar-refractivity contribution in [3.63, 3.8) is 0 Å². The van der Waals surface area contributed by atoms with Crippen LogP contribution in [0.25, 0.3) is 0 Å². The summed E-state index contributed by atoms with van der Waals surface area (Å²) in [5.74, 6) is 6.75. The molecule has 3 heteroatoms. The molecule has 0 saturated heterocycles. The van der Waals surface area contributed by atoms with Crippen molar-refractivity contribution in [1.29, 1.82) is 0 Å². The molecule has 1 saturated carbocycles. The zero-order valence-corrected chi connectivity index (χ0v) is 12.3. The van der Waals surface area contributed by atoms with Gasteiger partial charge in [0, 0.05) is 18.2 Å². The minimum atomic E-state index is 0.395. The van der Waals surface area contributed by atoms with Crippen LogP contribution in [0.3, 0.4) is 0 Å². The van der Waals surface area contributed by atoms with Gasteiger partial charge in [0.2, 0.25) is 0 Å². The van der Waals surface area contributed by atoms with Crippen molar-refractivity contribution >= 4 is 0 Å². The Morgan fingerprint density at radius 2 is 1.95 bits per heavy atom. The van der Waals surface area contributed by atoms with Crippen LogP contribution in [0.4, 0.5) is 0 Å². The van der Waals surface area contributed by atoms with Crippen molar-refractivity contribution in [1.82, 2.24) is 4.90 Å². The molecule has 0 unspecified atom stereocenters. The second-order valence-electron chi connectivity index (χ2n) is 5.30. The number of likely N-dealkylation sites (N-methyl/N-ethyl adjacent to an activating group) is 1. The van der Waals surface area contributed by atoms with E-state index in [2.05, 4.69) is 23.8 Å². The van der Waals surface area contributed by atoms with Crippen molar-refractivity contribution in [3.05, 3.63) is 29.8 Å². The maximum atomic E-state index is 5.78. The lowest BCUT2D eigenvalue weighted by Crippen LogP contribution is -2.32. The van der Waals surface area contributed by atoms with E-state index in [1.54, 1.807) is 0 Å². The Kier molecular flexibility index (Phi) is 5.91. The molecule has 0 aromatic heterocycles. The molecule has 3 nitrogen and oxygen atoms in total. The van der Waals surface area contributed by atoms with Gasteiger partial charge in [-0.1, -0.05) is 24.7 Å². The van der Waals surface area contributed by atoms with Crippen LogP contribution in [0.15, 0.2) is 24.3 Å². The van der Waals surface area contributed by atoms with Gasteiger partial charge in [-0.15, -0.1) is 0 Å². The number of nitrogens with zero attached hydrogens (tertiary/aromatic N) is 1. The lowest BCUT2D eigenvalue weighted by Gasteiger charge is -2.23. The third kappa shape index (κ3) is 4.56. The predicted octanol–water partition coefficient (Wildman–Crippen LogP) is 2.25. The predicted molar refractivity (Wildman–Crippen MR) is 82.8 cm³/mol. The quantitative estimate of drug-likeness (QED) is 0.836. The molecule has 108 valence electrons. The maximum absolute atomic E-state index is 5.78. The highest BCUT2D eigenvalue weighted by molar-refractivity contribution is 5.38. The SMILES string of the molecule is CN(CCOc1ccc(C#CCN)cc1)C1CCCC1. The van der Waals surface area contributed by atoms with Crippen LogP contribution >= 0.6 is 0 Å². The Morgan fingerprint density at radius 3 is 2.60 bits per heavy atom. The smallest absolute Gasteiger partial charge is 0.119 e. The third-order valence-corrected chi connectivity index (χ3v) is 3.85. The number of ether oxygens (including phenoxy) is 1. The minimum absolute atomic E-state index is 0.395. The number of rotatable bonds is 5. The van der Waals surface area contributed by atoms with Crippen molar-refractivity contribution in [3.8, 4) is 17.6 Å².